The summed E-state index contributed by atoms with van der Waals surface area (Å²) >= 11 is 0. The van der Waals surface area contributed by atoms with Crippen LogP contribution >= 0.6 is 0 Å². The Morgan fingerprint density at radius 2 is 2.19 bits per heavy atom. The van der Waals surface area contributed by atoms with Gasteiger partial charge >= 0.3 is 6.36 Å². The third-order valence-corrected chi connectivity index (χ3v) is 1.49. The van der Waals surface area contributed by atoms with E-state index in [0.29, 0.717) is 0 Å². The van der Waals surface area contributed by atoms with Crippen molar-refractivity contribution in [3.63, 3.8) is 0 Å². The van der Waals surface area contributed by atoms with E-state index in [2.05, 4.69) is 9.72 Å². The number of alkyl halides is 3. The second kappa shape index (κ2) is 4.06. The van der Waals surface area contributed by atoms with Crippen LogP contribution in [-0.2, 0) is 0 Å². The predicted molar refractivity (Wildman–Crippen MR) is 45.4 cm³/mol. The van der Waals surface area contributed by atoms with Crippen LogP contribution in [0.4, 0.5) is 19.0 Å². The van der Waals surface area contributed by atoms with Crippen LogP contribution in [-0.4, -0.2) is 17.6 Å². The number of hydrogen-bond donors (Lipinski definition) is 1. The van der Waals surface area contributed by atoms with Crippen molar-refractivity contribution in [2.24, 2.45) is 0 Å². The molecule has 0 aliphatic carbocycles. The van der Waals surface area contributed by atoms with Crippen molar-refractivity contribution in [2.45, 2.75) is 6.36 Å². The van der Waals surface area contributed by atoms with Gasteiger partial charge in [-0.3, -0.25) is 4.79 Å². The molecule has 8 heteroatoms. The third kappa shape index (κ3) is 2.60. The fourth-order valence-corrected chi connectivity index (χ4v) is 0.944. The Bertz CT molecular complexity index is 465. The molecular weight excluding hydrogens is 227 g/mol. The van der Waals surface area contributed by atoms with Gasteiger partial charge in [-0.05, 0) is 6.07 Å². The van der Waals surface area contributed by atoms with Crippen molar-refractivity contribution in [3.8, 4) is 11.9 Å². The molecule has 0 radical (unpaired) electrons. The van der Waals surface area contributed by atoms with E-state index in [1.165, 1.54) is 6.07 Å². The lowest BCUT2D eigenvalue weighted by atomic mass is 10.1. The number of nitrogens with zero attached hydrogens (tertiary/aromatic N) is 2. The van der Waals surface area contributed by atoms with E-state index in [4.69, 9.17) is 11.0 Å². The monoisotopic (exact) mass is 231 g/mol. The number of pyridine rings is 1. The molecular formula is C8H4F3N3O2. The largest absolute Gasteiger partial charge is 0.574 e. The summed E-state index contributed by atoms with van der Waals surface area (Å²) in [5, 5.41) is 8.57. The molecule has 1 aromatic heterocycles. The third-order valence-electron chi connectivity index (χ3n) is 1.49. The maximum Gasteiger partial charge on any atom is 0.574 e. The van der Waals surface area contributed by atoms with Gasteiger partial charge in [0.2, 0.25) is 5.88 Å². The predicted octanol–water partition coefficient (Wildman–Crippen LogP) is 1.25. The highest BCUT2D eigenvalue weighted by molar-refractivity contribution is 5.83. The lowest BCUT2D eigenvalue weighted by Crippen LogP contribution is -2.19. The fraction of sp³-hybridized carbons (Fsp3) is 0.125. The number of carbonyl (C=O) groups is 1. The summed E-state index contributed by atoms with van der Waals surface area (Å²) < 4.78 is 39.2. The van der Waals surface area contributed by atoms with Gasteiger partial charge in [0, 0.05) is 0 Å². The fourth-order valence-electron chi connectivity index (χ4n) is 0.944. The number of aromatic nitrogens is 1. The molecule has 5 nitrogen and oxygen atoms in total. The second-order valence-corrected chi connectivity index (χ2v) is 2.59. The van der Waals surface area contributed by atoms with E-state index in [1.807, 2.05) is 0 Å². The average Bonchev–Trinajstić information content (AvgIpc) is 2.14. The van der Waals surface area contributed by atoms with Crippen LogP contribution in [0, 0.1) is 11.3 Å². The Morgan fingerprint density at radius 1 is 1.56 bits per heavy atom. The maximum absolute atomic E-state index is 11.9. The van der Waals surface area contributed by atoms with E-state index < -0.39 is 17.8 Å². The Balaban J connectivity index is 3.32. The topological polar surface area (TPSA) is 89.0 Å². The standard InChI is InChI=1S/C8H4F3N3O2/c9-8(10,11)16-7-5(3-15)4(2-12)1-6(13)14-7/h1,3H,(H2,13,14). The molecule has 84 valence electrons. The van der Waals surface area contributed by atoms with Crippen LogP contribution < -0.4 is 10.5 Å². The number of ether oxygens (including phenoxy) is 1. The average molecular weight is 231 g/mol. The van der Waals surface area contributed by atoms with Gasteiger partial charge in [-0.15, -0.1) is 13.2 Å². The number of aldehydes is 1. The lowest BCUT2D eigenvalue weighted by Gasteiger charge is -2.10. The molecule has 0 saturated heterocycles. The molecule has 1 heterocycles. The molecule has 0 spiro atoms. The van der Waals surface area contributed by atoms with Crippen molar-refractivity contribution in [3.05, 3.63) is 17.2 Å². The Morgan fingerprint density at radius 3 is 2.62 bits per heavy atom. The number of nitrogen functional groups attached to an aromatic ring is 1. The Kier molecular flexibility index (Phi) is 2.99. The zero-order valence-electron chi connectivity index (χ0n) is 7.58. The molecule has 0 bridgehead atoms. The van der Waals surface area contributed by atoms with Crippen molar-refractivity contribution in [1.82, 2.24) is 4.98 Å². The van der Waals surface area contributed by atoms with Gasteiger partial charge in [-0.2, -0.15) is 10.2 Å². The normalized spacial score (nSPS) is 10.6. The van der Waals surface area contributed by atoms with Crippen LogP contribution in [0.5, 0.6) is 5.88 Å². The summed E-state index contributed by atoms with van der Waals surface area (Å²) in [6, 6.07) is 2.49. The minimum atomic E-state index is -5.01. The molecule has 2 N–H and O–H groups in total. The van der Waals surface area contributed by atoms with Crippen molar-refractivity contribution >= 4 is 12.1 Å². The van der Waals surface area contributed by atoms with E-state index in [1.54, 1.807) is 0 Å². The molecule has 0 amide bonds. The van der Waals surface area contributed by atoms with Gasteiger partial charge in [0.25, 0.3) is 0 Å². The number of hydrogen-bond acceptors (Lipinski definition) is 5. The minimum Gasteiger partial charge on any atom is -0.387 e. The van der Waals surface area contributed by atoms with Crippen LogP contribution in [0.1, 0.15) is 15.9 Å². The molecule has 1 aromatic rings. The molecule has 0 unspecified atom stereocenters. The minimum absolute atomic E-state index is 0.0477. The van der Waals surface area contributed by atoms with Crippen molar-refractivity contribution in [2.75, 3.05) is 5.73 Å². The molecule has 0 aliphatic rings. The van der Waals surface area contributed by atoms with Crippen molar-refractivity contribution in [1.29, 1.82) is 5.26 Å². The highest BCUT2D eigenvalue weighted by atomic mass is 19.4. The second-order valence-electron chi connectivity index (χ2n) is 2.59. The summed E-state index contributed by atoms with van der Waals surface area (Å²) in [4.78, 5) is 13.7. The molecule has 16 heavy (non-hydrogen) atoms. The zero-order chi connectivity index (χ0) is 12.3. The zero-order valence-corrected chi connectivity index (χ0v) is 7.58. The number of nitriles is 1. The highest BCUT2D eigenvalue weighted by Crippen LogP contribution is 2.26. The number of anilines is 1. The SMILES string of the molecule is N#Cc1cc(N)nc(OC(F)(F)F)c1C=O. The lowest BCUT2D eigenvalue weighted by molar-refractivity contribution is -0.276. The molecule has 0 fully saturated rings. The number of nitrogens with two attached hydrogens (primary N) is 1. The maximum atomic E-state index is 11.9. The summed E-state index contributed by atoms with van der Waals surface area (Å²) in [6.45, 7) is 0. The quantitative estimate of drug-likeness (QED) is 0.773. The van der Waals surface area contributed by atoms with Gasteiger partial charge in [0.05, 0.1) is 11.1 Å². The van der Waals surface area contributed by atoms with Crippen LogP contribution in [0.2, 0.25) is 0 Å². The van der Waals surface area contributed by atoms with Crippen molar-refractivity contribution < 1.29 is 22.7 Å². The summed E-state index contributed by atoms with van der Waals surface area (Å²) in [6.07, 6.45) is -4.96. The molecule has 0 atom stereocenters. The van der Waals surface area contributed by atoms with E-state index in [0.717, 1.165) is 6.07 Å². The Labute approximate surface area is 87.3 Å². The molecule has 0 aliphatic heterocycles. The molecule has 0 saturated carbocycles. The first-order valence-corrected chi connectivity index (χ1v) is 3.79. The summed E-state index contributed by atoms with van der Waals surface area (Å²) in [5.74, 6) is -1.37. The first-order chi connectivity index (χ1) is 7.37. The summed E-state index contributed by atoms with van der Waals surface area (Å²) in [7, 11) is 0. The van der Waals surface area contributed by atoms with E-state index in [-0.39, 0.29) is 17.7 Å². The van der Waals surface area contributed by atoms with Gasteiger partial charge in [0.1, 0.15) is 11.9 Å². The van der Waals surface area contributed by atoms with Crippen LogP contribution in [0.15, 0.2) is 6.07 Å². The number of rotatable bonds is 2. The first-order valence-electron chi connectivity index (χ1n) is 3.79. The van der Waals surface area contributed by atoms with Gasteiger partial charge in [-0.1, -0.05) is 0 Å². The van der Waals surface area contributed by atoms with E-state index in [9.17, 15) is 18.0 Å². The molecule has 1 rings (SSSR count). The van der Waals surface area contributed by atoms with Gasteiger partial charge in [0.15, 0.2) is 6.29 Å². The van der Waals surface area contributed by atoms with E-state index >= 15 is 0 Å². The Hall–Kier alpha value is -2.30. The van der Waals surface area contributed by atoms with Crippen LogP contribution in [0.25, 0.3) is 0 Å². The summed E-state index contributed by atoms with van der Waals surface area (Å²) in [5.41, 5.74) is 4.23. The number of carbonyl (C=O) groups excluding carboxylic acids is 1. The van der Waals surface area contributed by atoms with Gasteiger partial charge < -0.3 is 10.5 Å². The highest BCUT2D eigenvalue weighted by Gasteiger charge is 2.33. The molecule has 0 aromatic carbocycles. The smallest absolute Gasteiger partial charge is 0.387 e. The number of halogens is 3. The van der Waals surface area contributed by atoms with Crippen LogP contribution in [0.3, 0.4) is 0 Å². The van der Waals surface area contributed by atoms with Gasteiger partial charge in [-0.25, -0.2) is 0 Å². The first kappa shape index (κ1) is 11.8.